The summed E-state index contributed by atoms with van der Waals surface area (Å²) in [6.07, 6.45) is 3.67. The van der Waals surface area contributed by atoms with Gasteiger partial charge in [0.05, 0.1) is 18.2 Å². The van der Waals surface area contributed by atoms with Gasteiger partial charge in [-0.3, -0.25) is 0 Å². The van der Waals surface area contributed by atoms with E-state index in [0.29, 0.717) is 6.10 Å². The van der Waals surface area contributed by atoms with E-state index in [9.17, 15) is 4.79 Å². The zero-order valence-electron chi connectivity index (χ0n) is 12.1. The van der Waals surface area contributed by atoms with E-state index in [4.69, 9.17) is 4.74 Å². The summed E-state index contributed by atoms with van der Waals surface area (Å²) < 4.78 is 5.76. The van der Waals surface area contributed by atoms with Crippen molar-refractivity contribution in [2.75, 3.05) is 5.32 Å². The maximum atomic E-state index is 12.2. The lowest BCUT2D eigenvalue weighted by Gasteiger charge is -2.20. The van der Waals surface area contributed by atoms with Gasteiger partial charge in [-0.25, -0.2) is 4.79 Å². The van der Waals surface area contributed by atoms with Crippen LogP contribution in [0.5, 0.6) is 0 Å². The first-order valence-corrected chi connectivity index (χ1v) is 8.58. The fraction of sp³-hybridized carbons (Fsp3) is 0.353. The molecular weight excluding hydrogens is 296 g/mol. The fourth-order valence-corrected chi connectivity index (χ4v) is 4.00. The molecule has 4 nitrogen and oxygen atoms in total. The molecule has 2 aliphatic rings. The topological polar surface area (TPSA) is 50.4 Å². The predicted octanol–water partition coefficient (Wildman–Crippen LogP) is 3.86. The van der Waals surface area contributed by atoms with E-state index in [1.54, 1.807) is 11.3 Å². The first kappa shape index (κ1) is 13.8. The van der Waals surface area contributed by atoms with Crippen LogP contribution in [0.15, 0.2) is 41.1 Å². The van der Waals surface area contributed by atoms with E-state index in [2.05, 4.69) is 33.5 Å². The number of hydrogen-bond donors (Lipinski definition) is 2. The number of thiophene rings is 1. The molecule has 3 heterocycles. The highest BCUT2D eigenvalue weighted by atomic mass is 32.1. The van der Waals surface area contributed by atoms with Gasteiger partial charge < -0.3 is 15.4 Å². The van der Waals surface area contributed by atoms with Crippen molar-refractivity contribution in [2.24, 2.45) is 0 Å². The van der Waals surface area contributed by atoms with Crippen LogP contribution < -0.4 is 10.6 Å². The van der Waals surface area contributed by atoms with Crippen molar-refractivity contribution < 1.29 is 9.53 Å². The predicted molar refractivity (Wildman–Crippen MR) is 88.2 cm³/mol. The van der Waals surface area contributed by atoms with Crippen LogP contribution in [0.1, 0.15) is 19.3 Å². The molecule has 0 unspecified atom stereocenters. The molecule has 1 aromatic carbocycles. The third-order valence-corrected chi connectivity index (χ3v) is 5.08. The number of urea groups is 1. The lowest BCUT2D eigenvalue weighted by atomic mass is 9.96. The Bertz CT molecular complexity index is 671. The highest BCUT2D eigenvalue weighted by molar-refractivity contribution is 7.08. The average Bonchev–Trinajstić information content (AvgIpc) is 3.25. The lowest BCUT2D eigenvalue weighted by molar-refractivity contribution is 0.0984. The number of nitrogens with one attached hydrogen (secondary N) is 2. The van der Waals surface area contributed by atoms with Gasteiger partial charge >= 0.3 is 6.03 Å². The number of fused-ring (bicyclic) bond motifs is 2. The molecule has 114 valence electrons. The smallest absolute Gasteiger partial charge is 0.319 e. The van der Waals surface area contributed by atoms with Gasteiger partial charge in [-0.2, -0.15) is 11.3 Å². The van der Waals surface area contributed by atoms with E-state index >= 15 is 0 Å². The van der Waals surface area contributed by atoms with Crippen LogP contribution in [-0.4, -0.2) is 24.3 Å². The van der Waals surface area contributed by atoms with Gasteiger partial charge in [0, 0.05) is 5.69 Å². The Labute approximate surface area is 133 Å². The summed E-state index contributed by atoms with van der Waals surface area (Å²) in [6, 6.07) is 10.0. The van der Waals surface area contributed by atoms with Crippen molar-refractivity contribution in [3.8, 4) is 11.1 Å². The van der Waals surface area contributed by atoms with Crippen LogP contribution in [-0.2, 0) is 4.74 Å². The number of anilines is 1. The number of carbonyl (C=O) groups is 1. The first-order chi connectivity index (χ1) is 10.8. The van der Waals surface area contributed by atoms with Gasteiger partial charge in [0.1, 0.15) is 0 Å². The van der Waals surface area contributed by atoms with Crippen LogP contribution in [0.25, 0.3) is 11.1 Å². The van der Waals surface area contributed by atoms with E-state index in [1.807, 2.05) is 18.2 Å². The molecule has 2 N–H and O–H groups in total. The zero-order valence-corrected chi connectivity index (χ0v) is 12.9. The van der Waals surface area contributed by atoms with Crippen LogP contribution >= 0.6 is 11.3 Å². The Morgan fingerprint density at radius 3 is 2.91 bits per heavy atom. The second-order valence-corrected chi connectivity index (χ2v) is 6.69. The van der Waals surface area contributed by atoms with Gasteiger partial charge in [-0.05, 0) is 59.3 Å². The highest BCUT2D eigenvalue weighted by Crippen LogP contribution is 2.34. The number of rotatable bonds is 3. The molecule has 2 aliphatic heterocycles. The average molecular weight is 314 g/mol. The Morgan fingerprint density at radius 2 is 2.18 bits per heavy atom. The summed E-state index contributed by atoms with van der Waals surface area (Å²) in [5.74, 6) is 0. The van der Waals surface area contributed by atoms with Crippen molar-refractivity contribution >= 4 is 23.1 Å². The standard InChI is InChI=1S/C17H18N2O2S/c20-17(19-15-9-14-4-5-16(15)21-14)18-13-3-1-2-11(8-13)12-6-7-22-10-12/h1-3,6-8,10,14-16H,4-5,9H2,(H2,18,19,20)/t14-,15+,16-/m1/s1. The molecule has 2 amide bonds. The molecule has 0 radical (unpaired) electrons. The summed E-state index contributed by atoms with van der Waals surface area (Å²) in [7, 11) is 0. The number of ether oxygens (including phenoxy) is 1. The summed E-state index contributed by atoms with van der Waals surface area (Å²) in [6.45, 7) is 0. The monoisotopic (exact) mass is 314 g/mol. The van der Waals surface area contributed by atoms with Crippen LogP contribution in [0.4, 0.5) is 10.5 Å². The second-order valence-electron chi connectivity index (χ2n) is 5.91. The minimum absolute atomic E-state index is 0.149. The van der Waals surface area contributed by atoms with E-state index < -0.39 is 0 Å². The van der Waals surface area contributed by atoms with Crippen molar-refractivity contribution in [1.82, 2.24) is 5.32 Å². The van der Waals surface area contributed by atoms with Crippen LogP contribution in [0.2, 0.25) is 0 Å². The number of benzene rings is 1. The first-order valence-electron chi connectivity index (χ1n) is 7.63. The SMILES string of the molecule is O=C(Nc1cccc(-c2ccsc2)c1)N[C@H]1C[C@H]2CC[C@H]1O2. The molecule has 22 heavy (non-hydrogen) atoms. The van der Waals surface area contributed by atoms with Crippen LogP contribution in [0.3, 0.4) is 0 Å². The van der Waals surface area contributed by atoms with Crippen molar-refractivity contribution in [1.29, 1.82) is 0 Å². The summed E-state index contributed by atoms with van der Waals surface area (Å²) in [4.78, 5) is 12.2. The van der Waals surface area contributed by atoms with Crippen LogP contribution in [0, 0.1) is 0 Å². The minimum atomic E-state index is -0.149. The van der Waals surface area contributed by atoms with Crippen molar-refractivity contribution in [3.63, 3.8) is 0 Å². The van der Waals surface area contributed by atoms with Gasteiger partial charge in [0.15, 0.2) is 0 Å². The van der Waals surface area contributed by atoms with E-state index in [-0.39, 0.29) is 18.2 Å². The Hall–Kier alpha value is -1.85. The molecule has 2 saturated heterocycles. The maximum absolute atomic E-state index is 12.2. The fourth-order valence-electron chi connectivity index (χ4n) is 3.33. The van der Waals surface area contributed by atoms with Gasteiger partial charge in [0.25, 0.3) is 0 Å². The van der Waals surface area contributed by atoms with E-state index in [0.717, 1.165) is 30.5 Å². The lowest BCUT2D eigenvalue weighted by Crippen LogP contribution is -2.43. The molecule has 2 fully saturated rings. The molecule has 2 bridgehead atoms. The number of hydrogen-bond acceptors (Lipinski definition) is 3. The molecular formula is C17H18N2O2S. The molecule has 3 atom stereocenters. The third-order valence-electron chi connectivity index (χ3n) is 4.40. The summed E-state index contributed by atoms with van der Waals surface area (Å²) in [5, 5.41) is 10.1. The second kappa shape index (κ2) is 5.74. The minimum Gasteiger partial charge on any atom is -0.373 e. The van der Waals surface area contributed by atoms with E-state index in [1.165, 1.54) is 5.56 Å². The molecule has 4 rings (SSSR count). The molecule has 0 spiro atoms. The quantitative estimate of drug-likeness (QED) is 0.904. The van der Waals surface area contributed by atoms with Gasteiger partial charge in [-0.1, -0.05) is 12.1 Å². The number of carbonyl (C=O) groups excluding carboxylic acids is 1. The molecule has 0 aliphatic carbocycles. The van der Waals surface area contributed by atoms with Gasteiger partial charge in [-0.15, -0.1) is 0 Å². The third kappa shape index (κ3) is 2.74. The van der Waals surface area contributed by atoms with Crippen molar-refractivity contribution in [3.05, 3.63) is 41.1 Å². The van der Waals surface area contributed by atoms with Crippen molar-refractivity contribution in [2.45, 2.75) is 37.5 Å². The summed E-state index contributed by atoms with van der Waals surface area (Å²) >= 11 is 1.67. The highest BCUT2D eigenvalue weighted by Gasteiger charge is 2.41. The van der Waals surface area contributed by atoms with Gasteiger partial charge in [0.2, 0.25) is 0 Å². The molecule has 1 aromatic heterocycles. The molecule has 2 aromatic rings. The molecule has 0 saturated carbocycles. The summed E-state index contributed by atoms with van der Waals surface area (Å²) in [5.41, 5.74) is 3.10. The normalized spacial score (nSPS) is 26.1. The Morgan fingerprint density at radius 1 is 1.23 bits per heavy atom. The zero-order chi connectivity index (χ0) is 14.9. The maximum Gasteiger partial charge on any atom is 0.319 e. The molecule has 5 heteroatoms. The Kier molecular flexibility index (Phi) is 3.60. The largest absolute Gasteiger partial charge is 0.373 e. The Balaban J connectivity index is 1.40. The number of amides is 2.